The van der Waals surface area contributed by atoms with Gasteiger partial charge in [0, 0.05) is 6.20 Å². The summed E-state index contributed by atoms with van der Waals surface area (Å²) in [6, 6.07) is 1.95. The summed E-state index contributed by atoms with van der Waals surface area (Å²) in [4.78, 5) is 3.75. The SMILES string of the molecule is N#CC1=CC=CN=CN1. The molecule has 0 amide bonds. The van der Waals surface area contributed by atoms with Crippen molar-refractivity contribution in [2.24, 2.45) is 4.99 Å². The highest BCUT2D eigenvalue weighted by Gasteiger charge is 1.88. The van der Waals surface area contributed by atoms with Gasteiger partial charge in [0.05, 0.1) is 6.34 Å². The first-order valence-corrected chi connectivity index (χ1v) is 2.48. The van der Waals surface area contributed by atoms with E-state index in [9.17, 15) is 0 Å². The lowest BCUT2D eigenvalue weighted by Gasteiger charge is -1.88. The summed E-state index contributed by atoms with van der Waals surface area (Å²) in [7, 11) is 0. The summed E-state index contributed by atoms with van der Waals surface area (Å²) in [5, 5.41) is 11.0. The molecule has 3 nitrogen and oxygen atoms in total. The topological polar surface area (TPSA) is 48.2 Å². The van der Waals surface area contributed by atoms with Gasteiger partial charge in [0.2, 0.25) is 0 Å². The summed E-state index contributed by atoms with van der Waals surface area (Å²) in [5.41, 5.74) is 0.507. The Morgan fingerprint density at radius 3 is 3.33 bits per heavy atom. The van der Waals surface area contributed by atoms with Gasteiger partial charge in [-0.15, -0.1) is 0 Å². The van der Waals surface area contributed by atoms with Gasteiger partial charge in [0.25, 0.3) is 0 Å². The van der Waals surface area contributed by atoms with Gasteiger partial charge in [-0.1, -0.05) is 0 Å². The molecule has 0 aromatic carbocycles. The molecule has 0 atom stereocenters. The van der Waals surface area contributed by atoms with Crippen LogP contribution in [0.3, 0.4) is 0 Å². The number of aliphatic imine (C=N–C) groups is 1. The van der Waals surface area contributed by atoms with E-state index in [0.717, 1.165) is 0 Å². The fourth-order valence-electron chi connectivity index (χ4n) is 0.456. The molecule has 0 aliphatic carbocycles. The first-order valence-electron chi connectivity index (χ1n) is 2.48. The van der Waals surface area contributed by atoms with Crippen molar-refractivity contribution >= 4 is 6.34 Å². The molecule has 0 saturated carbocycles. The standard InChI is InChI=1S/C6H5N3/c7-4-6-2-1-3-8-5-9-6/h1-3,5H,(H,8,9). The summed E-state index contributed by atoms with van der Waals surface area (Å²) < 4.78 is 0. The lowest BCUT2D eigenvalue weighted by Crippen LogP contribution is -2.06. The molecule has 0 spiro atoms. The fraction of sp³-hybridized carbons (Fsp3) is 0. The van der Waals surface area contributed by atoms with Crippen molar-refractivity contribution in [1.82, 2.24) is 5.32 Å². The minimum absolute atomic E-state index is 0.507. The number of rotatable bonds is 0. The Balaban J connectivity index is 2.77. The van der Waals surface area contributed by atoms with E-state index in [2.05, 4.69) is 10.3 Å². The molecule has 0 bridgehead atoms. The van der Waals surface area contributed by atoms with Crippen LogP contribution in [0, 0.1) is 11.3 Å². The van der Waals surface area contributed by atoms with Gasteiger partial charge in [-0.25, -0.2) is 4.99 Å². The van der Waals surface area contributed by atoms with Gasteiger partial charge < -0.3 is 5.32 Å². The molecule has 44 valence electrons. The van der Waals surface area contributed by atoms with Crippen LogP contribution in [0.4, 0.5) is 0 Å². The molecule has 1 N–H and O–H groups in total. The smallest absolute Gasteiger partial charge is 0.118 e. The molecule has 0 aromatic heterocycles. The monoisotopic (exact) mass is 119 g/mol. The molecule has 1 heterocycles. The van der Waals surface area contributed by atoms with Crippen molar-refractivity contribution in [3.63, 3.8) is 0 Å². The second kappa shape index (κ2) is 2.68. The summed E-state index contributed by atoms with van der Waals surface area (Å²) in [6.07, 6.45) is 6.44. The Morgan fingerprint density at radius 1 is 1.67 bits per heavy atom. The van der Waals surface area contributed by atoms with Gasteiger partial charge in [0.15, 0.2) is 0 Å². The number of nitrogens with one attached hydrogen (secondary N) is 1. The Hall–Kier alpha value is -1.56. The van der Waals surface area contributed by atoms with Crippen LogP contribution < -0.4 is 5.32 Å². The molecule has 0 aromatic rings. The number of allylic oxidation sites excluding steroid dienone is 3. The average molecular weight is 119 g/mol. The first-order chi connectivity index (χ1) is 4.43. The molecule has 1 aliphatic rings. The van der Waals surface area contributed by atoms with Gasteiger partial charge in [-0.2, -0.15) is 5.26 Å². The van der Waals surface area contributed by atoms with E-state index in [1.54, 1.807) is 18.4 Å². The maximum absolute atomic E-state index is 8.34. The van der Waals surface area contributed by atoms with Crippen LogP contribution in [0.25, 0.3) is 0 Å². The van der Waals surface area contributed by atoms with Gasteiger partial charge in [0.1, 0.15) is 11.8 Å². The Kier molecular flexibility index (Phi) is 1.66. The minimum Gasteiger partial charge on any atom is -0.338 e. The zero-order valence-electron chi connectivity index (χ0n) is 4.70. The second-order valence-corrected chi connectivity index (χ2v) is 1.46. The van der Waals surface area contributed by atoms with Crippen molar-refractivity contribution in [2.75, 3.05) is 0 Å². The fourth-order valence-corrected chi connectivity index (χ4v) is 0.456. The number of hydrogen-bond acceptors (Lipinski definition) is 3. The summed E-state index contributed by atoms with van der Waals surface area (Å²) in [6.45, 7) is 0. The summed E-state index contributed by atoms with van der Waals surface area (Å²) >= 11 is 0. The maximum atomic E-state index is 8.34. The van der Waals surface area contributed by atoms with E-state index < -0.39 is 0 Å². The van der Waals surface area contributed by atoms with Gasteiger partial charge >= 0.3 is 0 Å². The van der Waals surface area contributed by atoms with E-state index in [-0.39, 0.29) is 0 Å². The van der Waals surface area contributed by atoms with Crippen LogP contribution in [-0.2, 0) is 0 Å². The Morgan fingerprint density at radius 2 is 2.56 bits per heavy atom. The lowest BCUT2D eigenvalue weighted by molar-refractivity contribution is 1.22. The molecular weight excluding hydrogens is 114 g/mol. The van der Waals surface area contributed by atoms with E-state index >= 15 is 0 Å². The minimum atomic E-state index is 0.507. The van der Waals surface area contributed by atoms with Crippen molar-refractivity contribution in [3.05, 3.63) is 24.0 Å². The third kappa shape index (κ3) is 1.42. The third-order valence-electron chi connectivity index (χ3n) is 0.850. The highest BCUT2D eigenvalue weighted by molar-refractivity contribution is 5.61. The van der Waals surface area contributed by atoms with Crippen LogP contribution in [0.1, 0.15) is 0 Å². The van der Waals surface area contributed by atoms with E-state index in [0.29, 0.717) is 5.70 Å². The number of hydrogen-bond donors (Lipinski definition) is 1. The normalized spacial score (nSPS) is 15.2. The summed E-state index contributed by atoms with van der Waals surface area (Å²) in [5.74, 6) is 0. The molecule has 0 fully saturated rings. The van der Waals surface area contributed by atoms with Crippen LogP contribution in [0.15, 0.2) is 29.0 Å². The third-order valence-corrected chi connectivity index (χ3v) is 0.850. The highest BCUT2D eigenvalue weighted by atomic mass is 14.9. The molecule has 9 heavy (non-hydrogen) atoms. The van der Waals surface area contributed by atoms with Gasteiger partial charge in [-0.05, 0) is 12.2 Å². The Labute approximate surface area is 53.0 Å². The van der Waals surface area contributed by atoms with E-state index in [1.807, 2.05) is 6.07 Å². The molecule has 3 heteroatoms. The molecule has 0 radical (unpaired) electrons. The Bertz CT molecular complexity index is 217. The molecule has 1 aliphatic heterocycles. The van der Waals surface area contributed by atoms with Crippen molar-refractivity contribution in [3.8, 4) is 6.07 Å². The van der Waals surface area contributed by atoms with Crippen molar-refractivity contribution in [1.29, 1.82) is 5.26 Å². The van der Waals surface area contributed by atoms with E-state index in [1.165, 1.54) is 6.34 Å². The maximum Gasteiger partial charge on any atom is 0.118 e. The number of nitrogens with zero attached hydrogens (tertiary/aromatic N) is 2. The zero-order chi connectivity index (χ0) is 6.53. The lowest BCUT2D eigenvalue weighted by atomic mass is 10.4. The van der Waals surface area contributed by atoms with Crippen LogP contribution >= 0.6 is 0 Å². The van der Waals surface area contributed by atoms with Crippen LogP contribution in [0.5, 0.6) is 0 Å². The average Bonchev–Trinajstić information content (AvgIpc) is 2.13. The highest BCUT2D eigenvalue weighted by Crippen LogP contribution is 1.89. The molecule has 1 rings (SSSR count). The van der Waals surface area contributed by atoms with Gasteiger partial charge in [-0.3, -0.25) is 0 Å². The van der Waals surface area contributed by atoms with Crippen molar-refractivity contribution < 1.29 is 0 Å². The predicted octanol–water partition coefficient (Wildman–Crippen LogP) is 0.539. The molecule has 0 unspecified atom stereocenters. The molecular formula is C6H5N3. The van der Waals surface area contributed by atoms with E-state index in [4.69, 9.17) is 5.26 Å². The molecule has 0 saturated heterocycles. The largest absolute Gasteiger partial charge is 0.338 e. The quantitative estimate of drug-likeness (QED) is 0.506. The first kappa shape index (κ1) is 5.57. The second-order valence-electron chi connectivity index (χ2n) is 1.46. The predicted molar refractivity (Wildman–Crippen MR) is 34.5 cm³/mol. The van der Waals surface area contributed by atoms with Crippen LogP contribution in [0.2, 0.25) is 0 Å². The number of nitriles is 1. The van der Waals surface area contributed by atoms with Crippen molar-refractivity contribution in [2.45, 2.75) is 0 Å². The zero-order valence-corrected chi connectivity index (χ0v) is 4.70. The van der Waals surface area contributed by atoms with Crippen LogP contribution in [-0.4, -0.2) is 6.34 Å².